The molecule has 0 unspecified atom stereocenters. The SMILES string of the molecule is CN(Cc1cccc(Br)c1)c1nc(C2CC2)c(C=O)s1. The smallest absolute Gasteiger partial charge is 0.186 e. The number of anilines is 1. The van der Waals surface area contributed by atoms with Crippen LogP contribution in [0.3, 0.4) is 0 Å². The fourth-order valence-electron chi connectivity index (χ4n) is 2.21. The van der Waals surface area contributed by atoms with Gasteiger partial charge in [-0.2, -0.15) is 0 Å². The average Bonchev–Trinajstić information content (AvgIpc) is 3.17. The fourth-order valence-corrected chi connectivity index (χ4v) is 3.58. The highest BCUT2D eigenvalue weighted by Gasteiger charge is 2.30. The number of hydrogen-bond donors (Lipinski definition) is 0. The number of aromatic nitrogens is 1. The monoisotopic (exact) mass is 350 g/mol. The molecule has 0 N–H and O–H groups in total. The first-order valence-corrected chi connectivity index (χ1v) is 8.20. The number of nitrogens with zero attached hydrogens (tertiary/aromatic N) is 2. The van der Waals surface area contributed by atoms with E-state index < -0.39 is 0 Å². The molecule has 0 bridgehead atoms. The first-order valence-electron chi connectivity index (χ1n) is 6.59. The van der Waals surface area contributed by atoms with Crippen molar-refractivity contribution in [2.45, 2.75) is 25.3 Å². The molecule has 0 saturated heterocycles. The van der Waals surface area contributed by atoms with Crippen LogP contribution in [0.5, 0.6) is 0 Å². The van der Waals surface area contributed by atoms with Crippen molar-refractivity contribution in [3.63, 3.8) is 0 Å². The normalized spacial score (nSPS) is 14.3. The summed E-state index contributed by atoms with van der Waals surface area (Å²) in [6.45, 7) is 0.787. The van der Waals surface area contributed by atoms with Crippen LogP contribution < -0.4 is 4.90 Å². The van der Waals surface area contributed by atoms with Gasteiger partial charge in [-0.3, -0.25) is 4.79 Å². The lowest BCUT2D eigenvalue weighted by molar-refractivity contribution is 0.112. The van der Waals surface area contributed by atoms with E-state index in [1.165, 1.54) is 29.7 Å². The van der Waals surface area contributed by atoms with Gasteiger partial charge in [0.25, 0.3) is 0 Å². The van der Waals surface area contributed by atoms with Gasteiger partial charge in [0.2, 0.25) is 0 Å². The van der Waals surface area contributed by atoms with E-state index in [0.717, 1.165) is 33.0 Å². The zero-order valence-electron chi connectivity index (χ0n) is 11.2. The standard InChI is InChI=1S/C15H15BrN2OS/c1-18(8-10-3-2-4-12(16)7-10)15-17-14(11-5-6-11)13(9-19)20-15/h2-4,7,9,11H,5-6,8H2,1H3. The highest BCUT2D eigenvalue weighted by atomic mass is 79.9. The zero-order valence-corrected chi connectivity index (χ0v) is 13.6. The lowest BCUT2D eigenvalue weighted by Crippen LogP contribution is -2.16. The van der Waals surface area contributed by atoms with Gasteiger partial charge in [-0.15, -0.1) is 0 Å². The molecule has 1 aliphatic carbocycles. The van der Waals surface area contributed by atoms with Crippen LogP contribution in [0.2, 0.25) is 0 Å². The number of hydrogen-bond acceptors (Lipinski definition) is 4. The molecule has 5 heteroatoms. The largest absolute Gasteiger partial charge is 0.347 e. The highest BCUT2D eigenvalue weighted by Crippen LogP contribution is 2.43. The molecular formula is C15H15BrN2OS. The minimum Gasteiger partial charge on any atom is -0.347 e. The Morgan fingerprint density at radius 3 is 2.95 bits per heavy atom. The number of benzene rings is 1. The molecule has 1 heterocycles. The maximum atomic E-state index is 11.1. The summed E-state index contributed by atoms with van der Waals surface area (Å²) < 4.78 is 1.08. The Morgan fingerprint density at radius 1 is 1.50 bits per heavy atom. The van der Waals surface area contributed by atoms with Gasteiger partial charge in [0.15, 0.2) is 11.4 Å². The predicted molar refractivity (Wildman–Crippen MR) is 85.7 cm³/mol. The van der Waals surface area contributed by atoms with Crippen molar-refractivity contribution in [3.05, 3.63) is 44.9 Å². The van der Waals surface area contributed by atoms with E-state index in [9.17, 15) is 4.79 Å². The van der Waals surface area contributed by atoms with E-state index in [4.69, 9.17) is 0 Å². The van der Waals surface area contributed by atoms with Gasteiger partial charge < -0.3 is 4.90 Å². The van der Waals surface area contributed by atoms with Gasteiger partial charge in [0.1, 0.15) is 0 Å². The molecule has 104 valence electrons. The lowest BCUT2D eigenvalue weighted by atomic mass is 10.2. The van der Waals surface area contributed by atoms with E-state index in [1.54, 1.807) is 0 Å². The van der Waals surface area contributed by atoms with Gasteiger partial charge in [0.05, 0.1) is 10.6 Å². The van der Waals surface area contributed by atoms with Crippen LogP contribution in [0.4, 0.5) is 5.13 Å². The summed E-state index contributed by atoms with van der Waals surface area (Å²) in [5, 5.41) is 0.925. The zero-order chi connectivity index (χ0) is 14.1. The molecule has 0 spiro atoms. The van der Waals surface area contributed by atoms with E-state index in [2.05, 4.69) is 37.9 Å². The third-order valence-corrected chi connectivity index (χ3v) is 4.98. The number of halogens is 1. The molecule has 1 saturated carbocycles. The summed E-state index contributed by atoms with van der Waals surface area (Å²) in [7, 11) is 2.02. The van der Waals surface area contributed by atoms with E-state index >= 15 is 0 Å². The van der Waals surface area contributed by atoms with Gasteiger partial charge in [-0.1, -0.05) is 39.4 Å². The van der Waals surface area contributed by atoms with Crippen molar-refractivity contribution in [3.8, 4) is 0 Å². The molecular weight excluding hydrogens is 336 g/mol. The number of carbonyl (C=O) groups excluding carboxylic acids is 1. The predicted octanol–water partition coefficient (Wildman–Crippen LogP) is 4.23. The summed E-state index contributed by atoms with van der Waals surface area (Å²) in [6.07, 6.45) is 3.28. The number of carbonyl (C=O) groups is 1. The van der Waals surface area contributed by atoms with Crippen LogP contribution >= 0.6 is 27.3 Å². The minimum absolute atomic E-state index is 0.513. The molecule has 0 aliphatic heterocycles. The quantitative estimate of drug-likeness (QED) is 0.756. The molecule has 0 atom stereocenters. The Hall–Kier alpha value is -1.20. The van der Waals surface area contributed by atoms with Crippen LogP contribution in [0.15, 0.2) is 28.7 Å². The first kappa shape index (κ1) is 13.8. The molecule has 1 aliphatic rings. The van der Waals surface area contributed by atoms with Crippen LogP contribution in [-0.2, 0) is 6.54 Å². The van der Waals surface area contributed by atoms with Gasteiger partial charge in [0, 0.05) is 24.0 Å². The fraction of sp³-hybridized carbons (Fsp3) is 0.333. The maximum absolute atomic E-state index is 11.1. The van der Waals surface area contributed by atoms with Crippen LogP contribution in [0, 0.1) is 0 Å². The Labute approximate surface area is 130 Å². The molecule has 1 fully saturated rings. The summed E-state index contributed by atoms with van der Waals surface area (Å²) in [5.74, 6) is 0.513. The van der Waals surface area contributed by atoms with Crippen LogP contribution in [0.1, 0.15) is 39.7 Å². The Bertz CT molecular complexity index is 637. The third-order valence-electron chi connectivity index (χ3n) is 3.38. The number of aldehydes is 1. The summed E-state index contributed by atoms with van der Waals surface area (Å²) in [5.41, 5.74) is 2.22. The molecule has 0 radical (unpaired) electrons. The summed E-state index contributed by atoms with van der Waals surface area (Å²) in [4.78, 5) is 18.7. The van der Waals surface area contributed by atoms with E-state index in [1.807, 2.05) is 19.2 Å². The number of rotatable bonds is 5. The number of thiazole rings is 1. The Kier molecular flexibility index (Phi) is 3.89. The summed E-state index contributed by atoms with van der Waals surface area (Å²) >= 11 is 4.98. The minimum atomic E-state index is 0.513. The van der Waals surface area contributed by atoms with Crippen LogP contribution in [-0.4, -0.2) is 18.3 Å². The van der Waals surface area contributed by atoms with Gasteiger partial charge in [-0.05, 0) is 30.5 Å². The average molecular weight is 351 g/mol. The third kappa shape index (κ3) is 2.94. The first-order chi connectivity index (χ1) is 9.67. The molecule has 1 aromatic carbocycles. The van der Waals surface area contributed by atoms with Crippen molar-refractivity contribution in [2.75, 3.05) is 11.9 Å². The Morgan fingerprint density at radius 2 is 2.30 bits per heavy atom. The van der Waals surface area contributed by atoms with Crippen molar-refractivity contribution in [2.24, 2.45) is 0 Å². The second-order valence-electron chi connectivity index (χ2n) is 5.12. The van der Waals surface area contributed by atoms with Crippen molar-refractivity contribution < 1.29 is 4.79 Å². The molecule has 20 heavy (non-hydrogen) atoms. The highest BCUT2D eigenvalue weighted by molar-refractivity contribution is 9.10. The second-order valence-corrected chi connectivity index (χ2v) is 7.05. The molecule has 2 aromatic rings. The van der Waals surface area contributed by atoms with Crippen molar-refractivity contribution in [1.82, 2.24) is 4.98 Å². The van der Waals surface area contributed by atoms with Crippen molar-refractivity contribution in [1.29, 1.82) is 0 Å². The molecule has 1 aromatic heterocycles. The Balaban J connectivity index is 1.79. The maximum Gasteiger partial charge on any atom is 0.186 e. The van der Waals surface area contributed by atoms with Crippen molar-refractivity contribution >= 4 is 38.7 Å². The van der Waals surface area contributed by atoms with Gasteiger partial charge >= 0.3 is 0 Å². The topological polar surface area (TPSA) is 33.2 Å². The molecule has 3 rings (SSSR count). The lowest BCUT2D eigenvalue weighted by Gasteiger charge is -2.15. The molecule has 3 nitrogen and oxygen atoms in total. The second kappa shape index (κ2) is 5.66. The van der Waals surface area contributed by atoms with Crippen LogP contribution in [0.25, 0.3) is 0 Å². The summed E-state index contributed by atoms with van der Waals surface area (Å²) in [6, 6.07) is 8.24. The molecule has 0 amide bonds. The van der Waals surface area contributed by atoms with E-state index in [0.29, 0.717) is 5.92 Å². The van der Waals surface area contributed by atoms with E-state index in [-0.39, 0.29) is 0 Å². The van der Waals surface area contributed by atoms with Gasteiger partial charge in [-0.25, -0.2) is 4.98 Å².